The van der Waals surface area contributed by atoms with E-state index in [9.17, 15) is 0 Å². The van der Waals surface area contributed by atoms with E-state index >= 15 is 0 Å². The maximum absolute atomic E-state index is 5.83. The Morgan fingerprint density at radius 3 is 2.40 bits per heavy atom. The SMILES string of the molecule is COc1ccc(-c2cc(C3C=CC=C3)nc(N)n2)cc1. The summed E-state index contributed by atoms with van der Waals surface area (Å²) in [6, 6.07) is 9.71. The van der Waals surface area contributed by atoms with Crippen molar-refractivity contribution in [1.82, 2.24) is 9.97 Å². The van der Waals surface area contributed by atoms with Crippen LogP contribution in [0.3, 0.4) is 0 Å². The summed E-state index contributed by atoms with van der Waals surface area (Å²) in [4.78, 5) is 8.62. The van der Waals surface area contributed by atoms with Gasteiger partial charge in [-0.3, -0.25) is 0 Å². The Kier molecular flexibility index (Phi) is 3.21. The van der Waals surface area contributed by atoms with Gasteiger partial charge >= 0.3 is 0 Å². The average molecular weight is 265 g/mol. The molecule has 0 unspecified atom stereocenters. The molecular formula is C16H15N3O. The molecule has 3 rings (SSSR count). The Balaban J connectivity index is 2.00. The van der Waals surface area contributed by atoms with Crippen molar-refractivity contribution in [2.45, 2.75) is 5.92 Å². The second kappa shape index (κ2) is 5.17. The molecule has 1 aliphatic carbocycles. The lowest BCUT2D eigenvalue weighted by molar-refractivity contribution is 0.415. The lowest BCUT2D eigenvalue weighted by Crippen LogP contribution is -2.02. The summed E-state index contributed by atoms with van der Waals surface area (Å²) >= 11 is 0. The van der Waals surface area contributed by atoms with Gasteiger partial charge in [0.25, 0.3) is 0 Å². The molecule has 2 aromatic rings. The minimum Gasteiger partial charge on any atom is -0.497 e. The summed E-state index contributed by atoms with van der Waals surface area (Å²) in [7, 11) is 1.65. The van der Waals surface area contributed by atoms with Gasteiger partial charge in [0.15, 0.2) is 0 Å². The van der Waals surface area contributed by atoms with E-state index in [2.05, 4.69) is 22.1 Å². The normalized spacial score (nSPS) is 13.8. The number of aromatic nitrogens is 2. The van der Waals surface area contributed by atoms with Crippen LogP contribution in [0.25, 0.3) is 11.3 Å². The molecule has 0 bridgehead atoms. The lowest BCUT2D eigenvalue weighted by atomic mass is 10.0. The Morgan fingerprint density at radius 1 is 1.05 bits per heavy atom. The van der Waals surface area contributed by atoms with Crippen molar-refractivity contribution in [2.75, 3.05) is 12.8 Å². The second-order valence-corrected chi connectivity index (χ2v) is 4.56. The molecule has 1 aromatic carbocycles. The van der Waals surface area contributed by atoms with Crippen molar-refractivity contribution in [1.29, 1.82) is 0 Å². The number of rotatable bonds is 3. The highest BCUT2D eigenvalue weighted by Gasteiger charge is 2.12. The van der Waals surface area contributed by atoms with E-state index < -0.39 is 0 Å². The van der Waals surface area contributed by atoms with Crippen molar-refractivity contribution in [3.05, 3.63) is 60.3 Å². The Bertz CT molecular complexity index is 663. The van der Waals surface area contributed by atoms with E-state index in [1.54, 1.807) is 7.11 Å². The van der Waals surface area contributed by atoms with Crippen LogP contribution in [0.1, 0.15) is 11.6 Å². The number of nitrogens with two attached hydrogens (primary N) is 1. The Hall–Kier alpha value is -2.62. The largest absolute Gasteiger partial charge is 0.497 e. The first-order valence-electron chi connectivity index (χ1n) is 6.40. The van der Waals surface area contributed by atoms with Gasteiger partial charge in [0.05, 0.1) is 18.5 Å². The van der Waals surface area contributed by atoms with E-state index in [1.165, 1.54) is 0 Å². The topological polar surface area (TPSA) is 61.0 Å². The number of methoxy groups -OCH3 is 1. The molecule has 20 heavy (non-hydrogen) atoms. The molecule has 4 heteroatoms. The van der Waals surface area contributed by atoms with Gasteiger partial charge in [-0.2, -0.15) is 0 Å². The van der Waals surface area contributed by atoms with Crippen molar-refractivity contribution in [2.24, 2.45) is 0 Å². The van der Waals surface area contributed by atoms with Crippen LogP contribution in [0.5, 0.6) is 5.75 Å². The number of ether oxygens (including phenoxy) is 1. The predicted molar refractivity (Wildman–Crippen MR) is 79.5 cm³/mol. The van der Waals surface area contributed by atoms with Crippen LogP contribution in [0.15, 0.2) is 54.6 Å². The highest BCUT2D eigenvalue weighted by Crippen LogP contribution is 2.27. The number of nitrogen functional groups attached to an aromatic ring is 1. The predicted octanol–water partition coefficient (Wildman–Crippen LogP) is 2.94. The van der Waals surface area contributed by atoms with Crippen LogP contribution in [-0.2, 0) is 0 Å². The minimum absolute atomic E-state index is 0.178. The van der Waals surface area contributed by atoms with Crippen LogP contribution in [-0.4, -0.2) is 17.1 Å². The van der Waals surface area contributed by atoms with Crippen molar-refractivity contribution >= 4 is 5.95 Å². The molecule has 0 spiro atoms. The summed E-state index contributed by atoms with van der Waals surface area (Å²) in [6.45, 7) is 0. The maximum Gasteiger partial charge on any atom is 0.220 e. The monoisotopic (exact) mass is 265 g/mol. The molecule has 1 heterocycles. The summed E-state index contributed by atoms with van der Waals surface area (Å²) < 4.78 is 5.16. The molecule has 0 saturated carbocycles. The van der Waals surface area contributed by atoms with Gasteiger partial charge in [0, 0.05) is 11.5 Å². The molecule has 0 atom stereocenters. The third kappa shape index (κ3) is 2.40. The molecule has 4 nitrogen and oxygen atoms in total. The van der Waals surface area contributed by atoms with Gasteiger partial charge in [-0.1, -0.05) is 24.3 Å². The smallest absolute Gasteiger partial charge is 0.220 e. The maximum atomic E-state index is 5.83. The molecular weight excluding hydrogens is 250 g/mol. The number of hydrogen-bond acceptors (Lipinski definition) is 4. The van der Waals surface area contributed by atoms with Gasteiger partial charge < -0.3 is 10.5 Å². The Labute approximate surface area is 117 Å². The van der Waals surface area contributed by atoms with Gasteiger partial charge in [-0.05, 0) is 30.3 Å². The van der Waals surface area contributed by atoms with Gasteiger partial charge in [0.1, 0.15) is 5.75 Å². The van der Waals surface area contributed by atoms with E-state index in [0.29, 0.717) is 5.95 Å². The van der Waals surface area contributed by atoms with Crippen LogP contribution >= 0.6 is 0 Å². The number of benzene rings is 1. The lowest BCUT2D eigenvalue weighted by Gasteiger charge is -2.09. The van der Waals surface area contributed by atoms with Crippen LogP contribution < -0.4 is 10.5 Å². The molecule has 0 radical (unpaired) electrons. The van der Waals surface area contributed by atoms with Crippen LogP contribution in [0.4, 0.5) is 5.95 Å². The standard InChI is InChI=1S/C16H15N3O/c1-20-13-8-6-12(7-9-13)15-10-14(18-16(17)19-15)11-4-2-3-5-11/h2-11H,1H3,(H2,17,18,19). The van der Waals surface area contributed by atoms with Crippen molar-refractivity contribution < 1.29 is 4.74 Å². The third-order valence-electron chi connectivity index (χ3n) is 3.24. The first kappa shape index (κ1) is 12.4. The molecule has 100 valence electrons. The van der Waals surface area contributed by atoms with Gasteiger partial charge in [-0.15, -0.1) is 0 Å². The summed E-state index contributed by atoms with van der Waals surface area (Å²) in [6.07, 6.45) is 8.19. The van der Waals surface area contributed by atoms with Crippen LogP contribution in [0, 0.1) is 0 Å². The first-order valence-corrected chi connectivity index (χ1v) is 6.40. The zero-order valence-corrected chi connectivity index (χ0v) is 11.2. The minimum atomic E-state index is 0.178. The molecule has 1 aromatic heterocycles. The van der Waals surface area contributed by atoms with Gasteiger partial charge in [0.2, 0.25) is 5.95 Å². The molecule has 0 fully saturated rings. The third-order valence-corrected chi connectivity index (χ3v) is 3.24. The molecule has 0 aliphatic heterocycles. The zero-order valence-electron chi connectivity index (χ0n) is 11.2. The van der Waals surface area contributed by atoms with E-state index in [1.807, 2.05) is 42.5 Å². The van der Waals surface area contributed by atoms with Gasteiger partial charge in [-0.25, -0.2) is 9.97 Å². The van der Waals surface area contributed by atoms with Crippen LogP contribution in [0.2, 0.25) is 0 Å². The van der Waals surface area contributed by atoms with Crippen molar-refractivity contribution in [3.63, 3.8) is 0 Å². The first-order chi connectivity index (χ1) is 9.76. The van der Waals surface area contributed by atoms with E-state index in [-0.39, 0.29) is 5.92 Å². The molecule has 0 saturated heterocycles. The van der Waals surface area contributed by atoms with E-state index in [4.69, 9.17) is 10.5 Å². The fraction of sp³-hybridized carbons (Fsp3) is 0.125. The highest BCUT2D eigenvalue weighted by atomic mass is 16.5. The molecule has 2 N–H and O–H groups in total. The quantitative estimate of drug-likeness (QED) is 0.926. The number of nitrogens with zero attached hydrogens (tertiary/aromatic N) is 2. The zero-order chi connectivity index (χ0) is 13.9. The number of anilines is 1. The molecule has 0 amide bonds. The summed E-state index contributed by atoms with van der Waals surface area (Å²) in [5.41, 5.74) is 8.55. The number of hydrogen-bond donors (Lipinski definition) is 1. The summed E-state index contributed by atoms with van der Waals surface area (Å²) in [5, 5.41) is 0. The molecule has 1 aliphatic rings. The fourth-order valence-electron chi connectivity index (χ4n) is 2.19. The average Bonchev–Trinajstić information content (AvgIpc) is 3.01. The summed E-state index contributed by atoms with van der Waals surface area (Å²) in [5.74, 6) is 1.29. The highest BCUT2D eigenvalue weighted by molar-refractivity contribution is 5.62. The fourth-order valence-corrected chi connectivity index (χ4v) is 2.19. The van der Waals surface area contributed by atoms with Crippen molar-refractivity contribution in [3.8, 4) is 17.0 Å². The Morgan fingerprint density at radius 2 is 1.75 bits per heavy atom. The number of allylic oxidation sites excluding steroid dienone is 4. The second-order valence-electron chi connectivity index (χ2n) is 4.56. The van der Waals surface area contributed by atoms with E-state index in [0.717, 1.165) is 22.7 Å².